The molecule has 0 atom stereocenters. The highest BCUT2D eigenvalue weighted by atomic mass is 32.2. The molecule has 1 aliphatic carbocycles. The third-order valence-corrected chi connectivity index (χ3v) is 4.78. The number of hydrogen-bond acceptors (Lipinski definition) is 5. The molecule has 5 nitrogen and oxygen atoms in total. The molecule has 0 aromatic carbocycles. The topological polar surface area (TPSA) is 94.9 Å². The molecule has 0 radical (unpaired) electrons. The minimum atomic E-state index is -0.568. The molecule has 1 amide bonds. The normalized spacial score (nSPS) is 16.5. The standard InChI is InChI=1S/C13H20N4OS/c1-8-11(13(15)18)12(14)17-10(16-8)7-19-9-5-3-2-4-6-9/h9H,2-7H2,1H3,(H2,15,18)(H2,14,16,17). The Labute approximate surface area is 117 Å². The van der Waals surface area contributed by atoms with Crippen LogP contribution in [0.25, 0.3) is 0 Å². The number of anilines is 1. The van der Waals surface area contributed by atoms with Gasteiger partial charge >= 0.3 is 0 Å². The zero-order valence-corrected chi connectivity index (χ0v) is 12.0. The molecule has 1 fully saturated rings. The van der Waals surface area contributed by atoms with Crippen LogP contribution in [0.3, 0.4) is 0 Å². The first kappa shape index (κ1) is 14.1. The molecule has 1 saturated carbocycles. The lowest BCUT2D eigenvalue weighted by molar-refractivity contribution is 0.1000. The van der Waals surface area contributed by atoms with E-state index < -0.39 is 5.91 Å². The van der Waals surface area contributed by atoms with Gasteiger partial charge in [-0.25, -0.2) is 9.97 Å². The van der Waals surface area contributed by atoms with Crippen LogP contribution in [0.15, 0.2) is 0 Å². The number of rotatable bonds is 4. The molecule has 1 aromatic heterocycles. The Morgan fingerprint density at radius 3 is 2.58 bits per heavy atom. The van der Waals surface area contributed by atoms with Gasteiger partial charge in [0, 0.05) is 5.25 Å². The van der Waals surface area contributed by atoms with Crippen molar-refractivity contribution in [1.82, 2.24) is 9.97 Å². The molecule has 0 bridgehead atoms. The summed E-state index contributed by atoms with van der Waals surface area (Å²) >= 11 is 1.89. The summed E-state index contributed by atoms with van der Waals surface area (Å²) < 4.78 is 0. The number of nitrogens with zero attached hydrogens (tertiary/aromatic N) is 2. The van der Waals surface area contributed by atoms with Crippen molar-refractivity contribution in [3.63, 3.8) is 0 Å². The molecule has 1 aliphatic rings. The maximum atomic E-state index is 11.2. The number of aryl methyl sites for hydroxylation is 1. The number of nitrogen functional groups attached to an aromatic ring is 1. The molecule has 0 saturated heterocycles. The second-order valence-electron chi connectivity index (χ2n) is 4.92. The summed E-state index contributed by atoms with van der Waals surface area (Å²) in [5.74, 6) is 1.06. The first-order chi connectivity index (χ1) is 9.08. The van der Waals surface area contributed by atoms with Crippen molar-refractivity contribution in [1.29, 1.82) is 0 Å². The zero-order chi connectivity index (χ0) is 13.8. The van der Waals surface area contributed by atoms with Gasteiger partial charge in [0.05, 0.1) is 11.4 Å². The molecule has 0 unspecified atom stereocenters. The number of carbonyl (C=O) groups excluding carboxylic acids is 1. The summed E-state index contributed by atoms with van der Waals surface area (Å²) in [6.07, 6.45) is 6.55. The van der Waals surface area contributed by atoms with E-state index in [0.717, 1.165) is 5.75 Å². The van der Waals surface area contributed by atoms with Crippen molar-refractivity contribution in [3.05, 3.63) is 17.1 Å². The quantitative estimate of drug-likeness (QED) is 0.880. The molecule has 4 N–H and O–H groups in total. The summed E-state index contributed by atoms with van der Waals surface area (Å²) in [6, 6.07) is 0. The van der Waals surface area contributed by atoms with Crippen molar-refractivity contribution >= 4 is 23.5 Å². The minimum absolute atomic E-state index is 0.194. The van der Waals surface area contributed by atoms with Gasteiger partial charge in [0.25, 0.3) is 5.91 Å². The molecular formula is C13H20N4OS. The highest BCUT2D eigenvalue weighted by molar-refractivity contribution is 7.99. The third kappa shape index (κ3) is 3.59. The van der Waals surface area contributed by atoms with Gasteiger partial charge < -0.3 is 11.5 Å². The van der Waals surface area contributed by atoms with E-state index in [2.05, 4.69) is 9.97 Å². The van der Waals surface area contributed by atoms with E-state index in [1.54, 1.807) is 6.92 Å². The van der Waals surface area contributed by atoms with Crippen LogP contribution >= 0.6 is 11.8 Å². The third-order valence-electron chi connectivity index (χ3n) is 3.41. The molecule has 6 heteroatoms. The number of hydrogen-bond donors (Lipinski definition) is 2. The Morgan fingerprint density at radius 1 is 1.32 bits per heavy atom. The first-order valence-electron chi connectivity index (χ1n) is 6.62. The number of carbonyl (C=O) groups is 1. The van der Waals surface area contributed by atoms with Crippen LogP contribution in [0.4, 0.5) is 5.82 Å². The first-order valence-corrected chi connectivity index (χ1v) is 7.67. The molecule has 2 rings (SSSR count). The molecule has 19 heavy (non-hydrogen) atoms. The van der Waals surface area contributed by atoms with Crippen LogP contribution in [0.5, 0.6) is 0 Å². The highest BCUT2D eigenvalue weighted by Crippen LogP contribution is 2.30. The number of thioether (sulfide) groups is 1. The van der Waals surface area contributed by atoms with Crippen molar-refractivity contribution in [3.8, 4) is 0 Å². The van der Waals surface area contributed by atoms with Crippen LogP contribution in [0.1, 0.15) is 54.0 Å². The number of aromatic nitrogens is 2. The van der Waals surface area contributed by atoms with Crippen LogP contribution in [-0.2, 0) is 5.75 Å². The lowest BCUT2D eigenvalue weighted by Crippen LogP contribution is -2.18. The van der Waals surface area contributed by atoms with E-state index in [9.17, 15) is 4.79 Å². The number of nitrogens with two attached hydrogens (primary N) is 2. The smallest absolute Gasteiger partial charge is 0.254 e. The van der Waals surface area contributed by atoms with E-state index in [-0.39, 0.29) is 11.4 Å². The second kappa shape index (κ2) is 6.23. The van der Waals surface area contributed by atoms with Crippen molar-refractivity contribution in [2.75, 3.05) is 5.73 Å². The maximum absolute atomic E-state index is 11.2. The average Bonchev–Trinajstić information content (AvgIpc) is 2.36. The molecule has 0 spiro atoms. The number of primary amides is 1. The van der Waals surface area contributed by atoms with Gasteiger partial charge in [0.2, 0.25) is 0 Å². The number of amides is 1. The Bertz CT molecular complexity index is 449. The van der Waals surface area contributed by atoms with Gasteiger partial charge in [0.1, 0.15) is 17.2 Å². The van der Waals surface area contributed by atoms with Gasteiger partial charge in [0.15, 0.2) is 0 Å². The molecule has 1 aromatic rings. The maximum Gasteiger partial charge on any atom is 0.254 e. The highest BCUT2D eigenvalue weighted by Gasteiger charge is 2.17. The fourth-order valence-corrected chi connectivity index (χ4v) is 3.63. The average molecular weight is 280 g/mol. The summed E-state index contributed by atoms with van der Waals surface area (Å²) in [6.45, 7) is 1.74. The van der Waals surface area contributed by atoms with Gasteiger partial charge in [-0.2, -0.15) is 11.8 Å². The molecule has 0 aliphatic heterocycles. The predicted molar refractivity (Wildman–Crippen MR) is 77.9 cm³/mol. The van der Waals surface area contributed by atoms with E-state index in [0.29, 0.717) is 16.8 Å². The summed E-state index contributed by atoms with van der Waals surface area (Å²) in [5.41, 5.74) is 11.8. The molecule has 1 heterocycles. The van der Waals surface area contributed by atoms with Crippen LogP contribution in [0, 0.1) is 6.92 Å². The monoisotopic (exact) mass is 280 g/mol. The van der Waals surface area contributed by atoms with E-state index in [1.165, 1.54) is 32.1 Å². The SMILES string of the molecule is Cc1nc(CSC2CCCCC2)nc(N)c1C(N)=O. The lowest BCUT2D eigenvalue weighted by Gasteiger charge is -2.20. The second-order valence-corrected chi connectivity index (χ2v) is 6.21. The van der Waals surface area contributed by atoms with Crippen molar-refractivity contribution in [2.45, 2.75) is 50.0 Å². The largest absolute Gasteiger partial charge is 0.383 e. The fourth-order valence-electron chi connectivity index (χ4n) is 2.45. The van der Waals surface area contributed by atoms with Gasteiger partial charge in [-0.15, -0.1) is 0 Å². The Hall–Kier alpha value is -1.30. The van der Waals surface area contributed by atoms with E-state index in [1.807, 2.05) is 11.8 Å². The van der Waals surface area contributed by atoms with Gasteiger partial charge in [-0.1, -0.05) is 19.3 Å². The Balaban J connectivity index is 2.03. The lowest BCUT2D eigenvalue weighted by atomic mass is 10.0. The van der Waals surface area contributed by atoms with Gasteiger partial charge in [-0.3, -0.25) is 4.79 Å². The van der Waals surface area contributed by atoms with Crippen LogP contribution in [0.2, 0.25) is 0 Å². The fraction of sp³-hybridized carbons (Fsp3) is 0.615. The van der Waals surface area contributed by atoms with Crippen molar-refractivity contribution < 1.29 is 4.79 Å². The summed E-state index contributed by atoms with van der Waals surface area (Å²) in [5, 5.41) is 0.703. The Morgan fingerprint density at radius 2 is 2.00 bits per heavy atom. The van der Waals surface area contributed by atoms with Crippen molar-refractivity contribution in [2.24, 2.45) is 5.73 Å². The zero-order valence-electron chi connectivity index (χ0n) is 11.2. The molecule has 104 valence electrons. The predicted octanol–water partition coefficient (Wildman–Crippen LogP) is 2.03. The molecular weight excluding hydrogens is 260 g/mol. The summed E-state index contributed by atoms with van der Waals surface area (Å²) in [7, 11) is 0. The van der Waals surface area contributed by atoms with E-state index in [4.69, 9.17) is 11.5 Å². The van der Waals surface area contributed by atoms with Crippen LogP contribution < -0.4 is 11.5 Å². The van der Waals surface area contributed by atoms with E-state index >= 15 is 0 Å². The summed E-state index contributed by atoms with van der Waals surface area (Å²) in [4.78, 5) is 19.7. The van der Waals surface area contributed by atoms with Crippen LogP contribution in [-0.4, -0.2) is 21.1 Å². The Kier molecular flexibility index (Phi) is 4.63. The van der Waals surface area contributed by atoms with Gasteiger partial charge in [-0.05, 0) is 19.8 Å². The minimum Gasteiger partial charge on any atom is -0.383 e.